The highest BCUT2D eigenvalue weighted by Gasteiger charge is 2.33. The fourth-order valence-corrected chi connectivity index (χ4v) is 4.34. The molecule has 0 saturated carbocycles. The Morgan fingerprint density at radius 2 is 2.04 bits per heavy atom. The molecule has 0 spiro atoms. The highest BCUT2D eigenvalue weighted by molar-refractivity contribution is 14.1. The predicted octanol–water partition coefficient (Wildman–Crippen LogP) is 3.30. The van der Waals surface area contributed by atoms with E-state index in [9.17, 15) is 14.4 Å². The van der Waals surface area contributed by atoms with Crippen molar-refractivity contribution in [1.82, 2.24) is 15.3 Å². The number of hydrogen-bond acceptors (Lipinski definition) is 4. The van der Waals surface area contributed by atoms with Gasteiger partial charge in [0.1, 0.15) is 0 Å². The molecule has 0 unspecified atom stereocenters. The van der Waals surface area contributed by atoms with Crippen molar-refractivity contribution in [1.29, 1.82) is 0 Å². The predicted molar refractivity (Wildman–Crippen MR) is 106 cm³/mol. The zero-order valence-corrected chi connectivity index (χ0v) is 17.8. The van der Waals surface area contributed by atoms with Gasteiger partial charge < -0.3 is 14.7 Å². The van der Waals surface area contributed by atoms with E-state index in [2.05, 4.69) is 43.9 Å². The van der Waals surface area contributed by atoms with Crippen LogP contribution in [-0.2, 0) is 4.74 Å². The smallest absolute Gasteiger partial charge is 0.426 e. The third kappa shape index (κ3) is 5.00. The maximum absolute atomic E-state index is 13.1. The molecule has 1 aromatic carbocycles. The minimum atomic E-state index is -0.986. The van der Waals surface area contributed by atoms with Crippen LogP contribution < -0.4 is 5.43 Å². The van der Waals surface area contributed by atoms with Crippen LogP contribution in [0.15, 0.2) is 22.7 Å². The molecule has 1 saturated heterocycles. The summed E-state index contributed by atoms with van der Waals surface area (Å²) in [6, 6.07) is 5.04. The molecular formula is C16H19BrIN3O5. The van der Waals surface area contributed by atoms with Crippen LogP contribution in [0.1, 0.15) is 30.1 Å². The van der Waals surface area contributed by atoms with E-state index in [4.69, 9.17) is 9.84 Å². The summed E-state index contributed by atoms with van der Waals surface area (Å²) < 4.78 is 6.26. The lowest BCUT2D eigenvalue weighted by Crippen LogP contribution is -2.56. The number of carbonyl (C=O) groups is 3. The molecule has 8 nitrogen and oxygen atoms in total. The van der Waals surface area contributed by atoms with Gasteiger partial charge in [0.15, 0.2) is 0 Å². The molecule has 0 atom stereocenters. The molecule has 2 N–H and O–H groups in total. The Kier molecular flexibility index (Phi) is 7.50. The van der Waals surface area contributed by atoms with Gasteiger partial charge in [0.25, 0.3) is 5.91 Å². The SMILES string of the molecule is CCOC(=O)NN(C(=O)c1c(Br)cccc1I)C1CCN(C(=O)O)CC1. The van der Waals surface area contributed by atoms with Crippen molar-refractivity contribution in [2.24, 2.45) is 0 Å². The standard InChI is InChI=1S/C16H19BrIN3O5/c1-2-26-15(23)19-21(10-6-8-20(9-7-10)16(24)25)14(22)13-11(17)4-3-5-12(13)18/h3-5,10H,2,6-9H2,1H3,(H,19,23)(H,24,25). The minimum absolute atomic E-state index is 0.178. The molecule has 0 aromatic heterocycles. The molecule has 1 aliphatic heterocycles. The lowest BCUT2D eigenvalue weighted by Gasteiger charge is -2.37. The van der Waals surface area contributed by atoms with Gasteiger partial charge in [-0.05, 0) is 70.4 Å². The van der Waals surface area contributed by atoms with Crippen LogP contribution in [-0.4, -0.2) is 58.8 Å². The normalized spacial score (nSPS) is 14.7. The lowest BCUT2D eigenvalue weighted by molar-refractivity contribution is 0.0369. The van der Waals surface area contributed by atoms with Crippen molar-refractivity contribution in [3.05, 3.63) is 31.8 Å². The first-order chi connectivity index (χ1) is 12.3. The van der Waals surface area contributed by atoms with Gasteiger partial charge in [-0.1, -0.05) is 6.07 Å². The van der Waals surface area contributed by atoms with Gasteiger partial charge in [0.05, 0.1) is 18.2 Å². The number of carboxylic acid groups (broad SMARTS) is 1. The van der Waals surface area contributed by atoms with Gasteiger partial charge in [0, 0.05) is 21.1 Å². The highest BCUT2D eigenvalue weighted by atomic mass is 127. The van der Waals surface area contributed by atoms with Crippen molar-refractivity contribution in [3.63, 3.8) is 0 Å². The lowest BCUT2D eigenvalue weighted by atomic mass is 10.0. The molecule has 3 amide bonds. The zero-order valence-electron chi connectivity index (χ0n) is 14.1. The van der Waals surface area contributed by atoms with Gasteiger partial charge in [-0.3, -0.25) is 4.79 Å². The summed E-state index contributed by atoms with van der Waals surface area (Å²) in [5.41, 5.74) is 2.95. The number of nitrogens with zero attached hydrogens (tertiary/aromatic N) is 2. The summed E-state index contributed by atoms with van der Waals surface area (Å²) in [7, 11) is 0. The Labute approximate surface area is 173 Å². The summed E-state index contributed by atoms with van der Waals surface area (Å²) in [4.78, 5) is 37.4. The quantitative estimate of drug-likeness (QED) is 0.453. The van der Waals surface area contributed by atoms with Gasteiger partial charge >= 0.3 is 12.2 Å². The Balaban J connectivity index is 2.25. The van der Waals surface area contributed by atoms with Crippen LogP contribution >= 0.6 is 38.5 Å². The maximum Gasteiger partial charge on any atom is 0.426 e. The topological polar surface area (TPSA) is 99.2 Å². The van der Waals surface area contributed by atoms with E-state index in [1.165, 1.54) is 9.91 Å². The van der Waals surface area contributed by atoms with Crippen LogP contribution in [0.2, 0.25) is 0 Å². The van der Waals surface area contributed by atoms with Crippen LogP contribution in [0.5, 0.6) is 0 Å². The van der Waals surface area contributed by atoms with E-state index < -0.39 is 12.2 Å². The van der Waals surface area contributed by atoms with E-state index in [0.29, 0.717) is 36.0 Å². The van der Waals surface area contributed by atoms with Crippen molar-refractivity contribution in [3.8, 4) is 0 Å². The second-order valence-electron chi connectivity index (χ2n) is 5.60. The highest BCUT2D eigenvalue weighted by Crippen LogP contribution is 2.26. The van der Waals surface area contributed by atoms with Gasteiger partial charge in [-0.25, -0.2) is 20.0 Å². The van der Waals surface area contributed by atoms with Crippen molar-refractivity contribution in [2.75, 3.05) is 19.7 Å². The molecule has 2 rings (SSSR count). The number of carbonyl (C=O) groups excluding carboxylic acids is 2. The summed E-state index contributed by atoms with van der Waals surface area (Å²) in [6.07, 6.45) is -0.861. The number of benzene rings is 1. The number of halogens is 2. The third-order valence-corrected chi connectivity index (χ3v) is 5.54. The number of ether oxygens (including phenoxy) is 1. The van der Waals surface area contributed by atoms with E-state index in [-0.39, 0.29) is 18.6 Å². The summed E-state index contributed by atoms with van der Waals surface area (Å²) in [5.74, 6) is -0.372. The summed E-state index contributed by atoms with van der Waals surface area (Å²) in [5, 5.41) is 10.4. The fraction of sp³-hybridized carbons (Fsp3) is 0.438. The Morgan fingerprint density at radius 1 is 1.38 bits per heavy atom. The average molecular weight is 540 g/mol. The second-order valence-corrected chi connectivity index (χ2v) is 7.62. The van der Waals surface area contributed by atoms with Crippen LogP contribution in [0.4, 0.5) is 9.59 Å². The third-order valence-electron chi connectivity index (χ3n) is 3.98. The van der Waals surface area contributed by atoms with Crippen LogP contribution in [0.25, 0.3) is 0 Å². The number of amides is 3. The molecule has 0 radical (unpaired) electrons. The van der Waals surface area contributed by atoms with Crippen molar-refractivity contribution in [2.45, 2.75) is 25.8 Å². The molecule has 1 aliphatic rings. The molecule has 10 heteroatoms. The number of rotatable bonds is 3. The number of nitrogens with one attached hydrogen (secondary N) is 1. The molecule has 1 fully saturated rings. The van der Waals surface area contributed by atoms with E-state index in [0.717, 1.165) is 3.57 Å². The first-order valence-electron chi connectivity index (χ1n) is 8.04. The Hall–Kier alpha value is -1.56. The van der Waals surface area contributed by atoms with E-state index in [1.807, 2.05) is 6.07 Å². The second kappa shape index (κ2) is 9.40. The number of hydrogen-bond donors (Lipinski definition) is 2. The minimum Gasteiger partial charge on any atom is -0.465 e. The van der Waals surface area contributed by atoms with E-state index >= 15 is 0 Å². The Bertz CT molecular complexity index is 674. The number of likely N-dealkylation sites (tertiary alicyclic amines) is 1. The Morgan fingerprint density at radius 3 is 2.58 bits per heavy atom. The molecule has 26 heavy (non-hydrogen) atoms. The first kappa shape index (κ1) is 20.7. The van der Waals surface area contributed by atoms with Gasteiger partial charge in [-0.2, -0.15) is 0 Å². The van der Waals surface area contributed by atoms with Crippen LogP contribution in [0.3, 0.4) is 0 Å². The molecule has 0 bridgehead atoms. The monoisotopic (exact) mass is 539 g/mol. The van der Waals surface area contributed by atoms with Crippen molar-refractivity contribution < 1.29 is 24.2 Å². The fourth-order valence-electron chi connectivity index (χ4n) is 2.71. The van der Waals surface area contributed by atoms with Gasteiger partial charge in [-0.15, -0.1) is 0 Å². The van der Waals surface area contributed by atoms with Gasteiger partial charge in [0.2, 0.25) is 0 Å². The molecule has 1 heterocycles. The molecular weight excluding hydrogens is 521 g/mol. The zero-order chi connectivity index (χ0) is 19.3. The number of hydrazine groups is 1. The summed E-state index contributed by atoms with van der Waals surface area (Å²) >= 11 is 5.44. The maximum atomic E-state index is 13.1. The number of piperidine rings is 1. The van der Waals surface area contributed by atoms with Crippen LogP contribution in [0, 0.1) is 3.57 Å². The van der Waals surface area contributed by atoms with Crippen molar-refractivity contribution >= 4 is 56.6 Å². The van der Waals surface area contributed by atoms with E-state index in [1.54, 1.807) is 19.1 Å². The summed E-state index contributed by atoms with van der Waals surface area (Å²) in [6.45, 7) is 2.44. The molecule has 1 aromatic rings. The molecule has 0 aliphatic carbocycles. The average Bonchev–Trinajstić information content (AvgIpc) is 2.59. The molecule has 142 valence electrons. The largest absolute Gasteiger partial charge is 0.465 e. The first-order valence-corrected chi connectivity index (χ1v) is 9.91.